The van der Waals surface area contributed by atoms with Crippen molar-refractivity contribution >= 4 is 0 Å². The summed E-state index contributed by atoms with van der Waals surface area (Å²) in [6, 6.07) is 2.32. The first-order valence-electron chi connectivity index (χ1n) is 6.84. The third-order valence-electron chi connectivity index (χ3n) is 4.24. The lowest BCUT2D eigenvalue weighted by Crippen LogP contribution is -2.42. The van der Waals surface area contributed by atoms with Gasteiger partial charge < -0.3 is 15.0 Å². The Hall–Kier alpha value is -0.120. The minimum absolute atomic E-state index is 0.761. The van der Waals surface area contributed by atoms with E-state index in [9.17, 15) is 0 Å². The van der Waals surface area contributed by atoms with Crippen molar-refractivity contribution in [3.05, 3.63) is 0 Å². The molecule has 0 radical (unpaired) electrons. The molecule has 2 fully saturated rings. The minimum Gasteiger partial charge on any atom is -0.381 e. The van der Waals surface area contributed by atoms with Crippen molar-refractivity contribution in [3.8, 4) is 0 Å². The second-order valence-corrected chi connectivity index (χ2v) is 5.23. The summed E-state index contributed by atoms with van der Waals surface area (Å²) in [6.07, 6.45) is 6.50. The molecule has 0 aromatic heterocycles. The molecule has 1 aliphatic heterocycles. The molecule has 1 aliphatic carbocycles. The average molecular weight is 226 g/mol. The van der Waals surface area contributed by atoms with Crippen LogP contribution < -0.4 is 5.32 Å². The Balaban J connectivity index is 1.78. The van der Waals surface area contributed by atoms with Gasteiger partial charge in [0.1, 0.15) is 0 Å². The Bertz CT molecular complexity index is 204. The summed E-state index contributed by atoms with van der Waals surface area (Å²) in [5.74, 6) is 0. The smallest absolute Gasteiger partial charge is 0.0480 e. The van der Waals surface area contributed by atoms with Crippen LogP contribution in [0.1, 0.15) is 39.0 Å². The molecule has 16 heavy (non-hydrogen) atoms. The van der Waals surface area contributed by atoms with Crippen LogP contribution in [0.25, 0.3) is 0 Å². The van der Waals surface area contributed by atoms with E-state index in [1.165, 1.54) is 32.1 Å². The van der Waals surface area contributed by atoms with Gasteiger partial charge in [-0.05, 0) is 45.7 Å². The van der Waals surface area contributed by atoms with Gasteiger partial charge in [0.05, 0.1) is 0 Å². The van der Waals surface area contributed by atoms with Gasteiger partial charge in [0.2, 0.25) is 0 Å². The van der Waals surface area contributed by atoms with E-state index in [0.717, 1.165) is 37.9 Å². The van der Waals surface area contributed by atoms with Gasteiger partial charge in [0, 0.05) is 31.3 Å². The van der Waals surface area contributed by atoms with E-state index in [1.807, 2.05) is 0 Å². The van der Waals surface area contributed by atoms with Gasteiger partial charge in [-0.15, -0.1) is 0 Å². The third-order valence-corrected chi connectivity index (χ3v) is 4.24. The molecule has 0 bridgehead atoms. The maximum Gasteiger partial charge on any atom is 0.0480 e. The number of rotatable bonds is 4. The zero-order valence-electron chi connectivity index (χ0n) is 10.7. The van der Waals surface area contributed by atoms with Crippen molar-refractivity contribution < 1.29 is 4.74 Å². The highest BCUT2D eigenvalue weighted by Crippen LogP contribution is 2.27. The molecular formula is C13H26N2O. The highest BCUT2D eigenvalue weighted by Gasteiger charge is 2.30. The van der Waals surface area contributed by atoms with E-state index in [1.54, 1.807) is 0 Å². The van der Waals surface area contributed by atoms with Crippen LogP contribution in [0, 0.1) is 0 Å². The number of nitrogens with zero attached hydrogens (tertiary/aromatic N) is 1. The van der Waals surface area contributed by atoms with Gasteiger partial charge in [-0.25, -0.2) is 0 Å². The zero-order valence-corrected chi connectivity index (χ0v) is 10.7. The van der Waals surface area contributed by atoms with E-state index < -0.39 is 0 Å². The van der Waals surface area contributed by atoms with Crippen molar-refractivity contribution in [1.82, 2.24) is 10.2 Å². The maximum atomic E-state index is 5.43. The highest BCUT2D eigenvalue weighted by atomic mass is 16.5. The quantitative estimate of drug-likeness (QED) is 0.788. The zero-order chi connectivity index (χ0) is 11.4. The van der Waals surface area contributed by atoms with Gasteiger partial charge in [-0.3, -0.25) is 0 Å². The second-order valence-electron chi connectivity index (χ2n) is 5.23. The van der Waals surface area contributed by atoms with Crippen molar-refractivity contribution in [2.75, 3.05) is 26.8 Å². The minimum atomic E-state index is 0.761. The molecule has 1 saturated carbocycles. The number of hydrogen-bond donors (Lipinski definition) is 1. The largest absolute Gasteiger partial charge is 0.381 e. The lowest BCUT2D eigenvalue weighted by Gasteiger charge is -2.35. The van der Waals surface area contributed by atoms with E-state index >= 15 is 0 Å². The van der Waals surface area contributed by atoms with Crippen molar-refractivity contribution in [2.45, 2.75) is 57.2 Å². The van der Waals surface area contributed by atoms with Crippen molar-refractivity contribution in [2.24, 2.45) is 0 Å². The fraction of sp³-hybridized carbons (Fsp3) is 1.00. The molecule has 2 unspecified atom stereocenters. The summed E-state index contributed by atoms with van der Waals surface area (Å²) in [6.45, 7) is 5.23. The van der Waals surface area contributed by atoms with Gasteiger partial charge in [-0.1, -0.05) is 6.92 Å². The summed E-state index contributed by atoms with van der Waals surface area (Å²) in [5.41, 5.74) is 0. The van der Waals surface area contributed by atoms with Crippen LogP contribution >= 0.6 is 0 Å². The van der Waals surface area contributed by atoms with Crippen LogP contribution in [0.4, 0.5) is 0 Å². The topological polar surface area (TPSA) is 24.5 Å². The molecule has 2 aliphatic rings. The predicted octanol–water partition coefficient (Wildman–Crippen LogP) is 1.63. The van der Waals surface area contributed by atoms with Gasteiger partial charge in [-0.2, -0.15) is 0 Å². The molecule has 0 spiro atoms. The Morgan fingerprint density at radius 2 is 1.88 bits per heavy atom. The molecular weight excluding hydrogens is 200 g/mol. The van der Waals surface area contributed by atoms with Crippen molar-refractivity contribution in [3.63, 3.8) is 0 Å². The van der Waals surface area contributed by atoms with Gasteiger partial charge in [0.25, 0.3) is 0 Å². The fourth-order valence-electron chi connectivity index (χ4n) is 3.19. The SMILES string of the molecule is CCNC1CCC(N(C)C2CCOCC2)C1. The van der Waals surface area contributed by atoms with Gasteiger partial charge >= 0.3 is 0 Å². The molecule has 3 heteroatoms. The Morgan fingerprint density at radius 1 is 1.12 bits per heavy atom. The first-order valence-corrected chi connectivity index (χ1v) is 6.84. The molecule has 94 valence electrons. The molecule has 0 aromatic carbocycles. The van der Waals surface area contributed by atoms with E-state index in [4.69, 9.17) is 4.74 Å². The van der Waals surface area contributed by atoms with Crippen LogP contribution in [0.2, 0.25) is 0 Å². The fourth-order valence-corrected chi connectivity index (χ4v) is 3.19. The van der Waals surface area contributed by atoms with Crippen LogP contribution in [0.3, 0.4) is 0 Å². The van der Waals surface area contributed by atoms with Gasteiger partial charge in [0.15, 0.2) is 0 Å². The first-order chi connectivity index (χ1) is 7.81. The first kappa shape index (κ1) is 12.3. The monoisotopic (exact) mass is 226 g/mol. The number of nitrogens with one attached hydrogen (secondary N) is 1. The normalized spacial score (nSPS) is 32.4. The van der Waals surface area contributed by atoms with E-state index in [2.05, 4.69) is 24.2 Å². The highest BCUT2D eigenvalue weighted by molar-refractivity contribution is 4.88. The summed E-state index contributed by atoms with van der Waals surface area (Å²) in [7, 11) is 2.31. The Labute approximate surface area is 99.5 Å². The summed E-state index contributed by atoms with van der Waals surface area (Å²) >= 11 is 0. The molecule has 1 N–H and O–H groups in total. The number of hydrogen-bond acceptors (Lipinski definition) is 3. The molecule has 0 amide bonds. The van der Waals surface area contributed by atoms with Crippen molar-refractivity contribution in [1.29, 1.82) is 0 Å². The van der Waals surface area contributed by atoms with Crippen LogP contribution in [-0.2, 0) is 4.74 Å². The summed E-state index contributed by atoms with van der Waals surface area (Å²) < 4.78 is 5.43. The van der Waals surface area contributed by atoms with Crippen LogP contribution in [0.15, 0.2) is 0 Å². The third kappa shape index (κ3) is 2.96. The Kier molecular flexibility index (Phi) is 4.62. The Morgan fingerprint density at radius 3 is 2.56 bits per heavy atom. The van der Waals surface area contributed by atoms with Crippen LogP contribution in [-0.4, -0.2) is 49.8 Å². The molecule has 2 atom stereocenters. The number of ether oxygens (including phenoxy) is 1. The molecule has 1 saturated heterocycles. The molecule has 3 nitrogen and oxygen atoms in total. The molecule has 1 heterocycles. The lowest BCUT2D eigenvalue weighted by atomic mass is 10.0. The predicted molar refractivity (Wildman–Crippen MR) is 66.7 cm³/mol. The standard InChI is InChI=1S/C13H26N2O/c1-3-14-11-4-5-13(10-11)15(2)12-6-8-16-9-7-12/h11-14H,3-10H2,1-2H3. The van der Waals surface area contributed by atoms with E-state index in [-0.39, 0.29) is 0 Å². The molecule has 0 aromatic rings. The van der Waals surface area contributed by atoms with Crippen LogP contribution in [0.5, 0.6) is 0 Å². The van der Waals surface area contributed by atoms with E-state index in [0.29, 0.717) is 0 Å². The summed E-state index contributed by atoms with van der Waals surface area (Å²) in [4.78, 5) is 2.62. The lowest BCUT2D eigenvalue weighted by molar-refractivity contribution is 0.0291. The maximum absolute atomic E-state index is 5.43. The average Bonchev–Trinajstić information content (AvgIpc) is 2.78. The summed E-state index contributed by atoms with van der Waals surface area (Å²) in [5, 5.41) is 3.58. The molecule has 2 rings (SSSR count). The second kappa shape index (κ2) is 5.99.